The second-order valence-electron chi connectivity index (χ2n) is 12.5. The minimum atomic E-state index is -4.28. The van der Waals surface area contributed by atoms with Gasteiger partial charge in [-0.3, -0.25) is 13.9 Å². The van der Waals surface area contributed by atoms with Crippen LogP contribution in [-0.2, 0) is 32.6 Å². The normalized spacial score (nSPS) is 14.2. The molecule has 0 saturated heterocycles. The zero-order valence-corrected chi connectivity index (χ0v) is 30.6. The van der Waals surface area contributed by atoms with Crippen LogP contribution in [0, 0.1) is 13.8 Å². The summed E-state index contributed by atoms with van der Waals surface area (Å²) < 4.78 is 29.8. The van der Waals surface area contributed by atoms with Crippen LogP contribution < -0.4 is 9.62 Å². The molecule has 7 nitrogen and oxygen atoms in total. The molecule has 0 aliphatic heterocycles. The fraction of sp³-hybridized carbons (Fsp3) is 0.316. The van der Waals surface area contributed by atoms with Gasteiger partial charge < -0.3 is 10.2 Å². The third-order valence-electron chi connectivity index (χ3n) is 8.94. The van der Waals surface area contributed by atoms with Crippen molar-refractivity contribution in [2.45, 2.75) is 75.9 Å². The van der Waals surface area contributed by atoms with Gasteiger partial charge in [0, 0.05) is 39.6 Å². The van der Waals surface area contributed by atoms with Gasteiger partial charge in [-0.15, -0.1) is 0 Å². The molecule has 1 aliphatic rings. The van der Waals surface area contributed by atoms with Crippen LogP contribution in [0.4, 0.5) is 5.69 Å². The fourth-order valence-electron chi connectivity index (χ4n) is 6.15. The molecule has 11 heteroatoms. The first-order valence-corrected chi connectivity index (χ1v) is 18.9. The molecule has 0 bridgehead atoms. The molecule has 0 radical (unpaired) electrons. The number of hydrogen-bond acceptors (Lipinski definition) is 4. The minimum Gasteiger partial charge on any atom is -0.352 e. The first-order valence-electron chi connectivity index (χ1n) is 16.4. The zero-order valence-electron chi connectivity index (χ0n) is 27.5. The van der Waals surface area contributed by atoms with Crippen molar-refractivity contribution >= 4 is 62.3 Å². The summed E-state index contributed by atoms with van der Waals surface area (Å²) in [5.41, 5.74) is 3.03. The number of sulfonamides is 1. The molecule has 0 spiro atoms. The van der Waals surface area contributed by atoms with Crippen LogP contribution >= 0.6 is 34.8 Å². The topological polar surface area (TPSA) is 86.8 Å². The Morgan fingerprint density at radius 2 is 1.49 bits per heavy atom. The summed E-state index contributed by atoms with van der Waals surface area (Å²) in [6.07, 6.45) is 5.03. The summed E-state index contributed by atoms with van der Waals surface area (Å²) in [7, 11) is -4.28. The van der Waals surface area contributed by atoms with Crippen LogP contribution in [0.3, 0.4) is 0 Å². The van der Waals surface area contributed by atoms with Gasteiger partial charge in [-0.25, -0.2) is 8.42 Å². The molecule has 0 aromatic heterocycles. The maximum Gasteiger partial charge on any atom is 0.264 e. The van der Waals surface area contributed by atoms with E-state index in [1.54, 1.807) is 49.4 Å². The number of carbonyl (C=O) groups is 2. The van der Waals surface area contributed by atoms with Crippen LogP contribution in [0.2, 0.25) is 15.1 Å². The summed E-state index contributed by atoms with van der Waals surface area (Å²) >= 11 is 19.7. The van der Waals surface area contributed by atoms with Gasteiger partial charge in [0.25, 0.3) is 10.0 Å². The molecule has 258 valence electrons. The Labute approximate surface area is 304 Å². The van der Waals surface area contributed by atoms with Gasteiger partial charge in [0.05, 0.1) is 10.6 Å². The zero-order chi connectivity index (χ0) is 35.1. The number of aryl methyl sites for hydroxylation is 2. The van der Waals surface area contributed by atoms with E-state index in [-0.39, 0.29) is 35.5 Å². The van der Waals surface area contributed by atoms with Crippen molar-refractivity contribution in [3.63, 3.8) is 0 Å². The highest BCUT2D eigenvalue weighted by Gasteiger charge is 2.36. The second-order valence-corrected chi connectivity index (χ2v) is 15.6. The quantitative estimate of drug-likeness (QED) is 0.158. The SMILES string of the molecule is Cc1ccc(S(=O)(=O)N(CC(=O)N(Cc2c(Cl)cccc2Cl)[C@H](Cc2ccccc2)C(=O)NC2CCCCC2)c2cc(Cl)ccc2C)cc1. The molecule has 1 fully saturated rings. The Bertz CT molecular complexity index is 1860. The molecule has 5 rings (SSSR count). The fourth-order valence-corrected chi connectivity index (χ4v) is 8.31. The number of rotatable bonds is 12. The summed E-state index contributed by atoms with van der Waals surface area (Å²) in [5, 5.41) is 4.17. The summed E-state index contributed by atoms with van der Waals surface area (Å²) in [6.45, 7) is 2.88. The Morgan fingerprint density at radius 3 is 2.14 bits per heavy atom. The maximum atomic E-state index is 14.8. The predicted octanol–water partition coefficient (Wildman–Crippen LogP) is 8.55. The molecule has 0 heterocycles. The Balaban J connectivity index is 1.61. The highest BCUT2D eigenvalue weighted by atomic mass is 35.5. The van der Waals surface area contributed by atoms with Gasteiger partial charge in [0.1, 0.15) is 12.6 Å². The molecule has 1 atom stereocenters. The molecule has 1 aliphatic carbocycles. The monoisotopic (exact) mass is 739 g/mol. The van der Waals surface area contributed by atoms with E-state index >= 15 is 0 Å². The van der Waals surface area contributed by atoms with Crippen LogP contribution in [0.1, 0.15) is 54.4 Å². The van der Waals surface area contributed by atoms with E-state index < -0.39 is 28.5 Å². The number of carbonyl (C=O) groups excluding carboxylic acids is 2. The highest BCUT2D eigenvalue weighted by molar-refractivity contribution is 7.92. The average Bonchev–Trinajstić information content (AvgIpc) is 3.08. The first kappa shape index (κ1) is 36.7. The number of anilines is 1. The number of benzene rings is 4. The van der Waals surface area contributed by atoms with Crippen molar-refractivity contribution in [1.82, 2.24) is 10.2 Å². The summed E-state index contributed by atoms with van der Waals surface area (Å²) in [5.74, 6) is -0.926. The van der Waals surface area contributed by atoms with Crippen LogP contribution in [0.5, 0.6) is 0 Å². The van der Waals surface area contributed by atoms with Crippen molar-refractivity contribution in [3.8, 4) is 0 Å². The second kappa shape index (κ2) is 16.4. The lowest BCUT2D eigenvalue weighted by molar-refractivity contribution is -0.140. The molecule has 4 aromatic carbocycles. The largest absolute Gasteiger partial charge is 0.352 e. The van der Waals surface area contributed by atoms with E-state index in [4.69, 9.17) is 34.8 Å². The number of amides is 2. The lowest BCUT2D eigenvalue weighted by atomic mass is 9.94. The molecular weight excluding hydrogens is 701 g/mol. The van der Waals surface area contributed by atoms with Crippen molar-refractivity contribution in [1.29, 1.82) is 0 Å². The van der Waals surface area contributed by atoms with E-state index in [9.17, 15) is 18.0 Å². The number of halogens is 3. The van der Waals surface area contributed by atoms with E-state index in [0.29, 0.717) is 26.2 Å². The lowest BCUT2D eigenvalue weighted by Gasteiger charge is -2.35. The van der Waals surface area contributed by atoms with Crippen molar-refractivity contribution < 1.29 is 18.0 Å². The van der Waals surface area contributed by atoms with Gasteiger partial charge in [-0.1, -0.05) is 114 Å². The van der Waals surface area contributed by atoms with Crippen molar-refractivity contribution in [2.24, 2.45) is 0 Å². The van der Waals surface area contributed by atoms with Gasteiger partial charge in [-0.05, 0) is 74.2 Å². The van der Waals surface area contributed by atoms with Crippen molar-refractivity contribution in [2.75, 3.05) is 10.8 Å². The molecule has 1 saturated carbocycles. The molecule has 4 aromatic rings. The third kappa shape index (κ3) is 9.17. The Hall–Kier alpha value is -3.56. The third-order valence-corrected chi connectivity index (χ3v) is 11.7. The van der Waals surface area contributed by atoms with Crippen molar-refractivity contribution in [3.05, 3.63) is 128 Å². The summed E-state index contributed by atoms with van der Waals surface area (Å²) in [4.78, 5) is 30.6. The van der Waals surface area contributed by atoms with Crippen LogP contribution in [0.25, 0.3) is 0 Å². The van der Waals surface area contributed by atoms with Gasteiger partial charge in [-0.2, -0.15) is 0 Å². The minimum absolute atomic E-state index is 0.0156. The lowest BCUT2D eigenvalue weighted by Crippen LogP contribution is -2.55. The van der Waals surface area contributed by atoms with E-state index in [1.165, 1.54) is 23.1 Å². The molecule has 49 heavy (non-hydrogen) atoms. The van der Waals surface area contributed by atoms with Gasteiger partial charge >= 0.3 is 0 Å². The molecule has 1 N–H and O–H groups in total. The maximum absolute atomic E-state index is 14.8. The van der Waals surface area contributed by atoms with E-state index in [1.807, 2.05) is 37.3 Å². The summed E-state index contributed by atoms with van der Waals surface area (Å²) in [6, 6.07) is 24.8. The van der Waals surface area contributed by atoms with Crippen LogP contribution in [-0.4, -0.2) is 43.8 Å². The smallest absolute Gasteiger partial charge is 0.264 e. The molecule has 0 unspecified atom stereocenters. The number of nitrogens with zero attached hydrogens (tertiary/aromatic N) is 2. The van der Waals surface area contributed by atoms with E-state index in [0.717, 1.165) is 47.5 Å². The average molecular weight is 741 g/mol. The van der Waals surface area contributed by atoms with E-state index in [2.05, 4.69) is 5.32 Å². The van der Waals surface area contributed by atoms with Gasteiger partial charge in [0.2, 0.25) is 11.8 Å². The molecular formula is C38H40Cl3N3O4S. The highest BCUT2D eigenvalue weighted by Crippen LogP contribution is 2.32. The molecule has 2 amide bonds. The predicted molar refractivity (Wildman–Crippen MR) is 198 cm³/mol. The van der Waals surface area contributed by atoms with Crippen LogP contribution in [0.15, 0.2) is 95.9 Å². The standard InChI is InChI=1S/C38H40Cl3N3O4S/c1-26-16-20-31(21-17-26)49(47,48)44(35-23-29(39)19-18-27(35)2)25-37(45)43(24-32-33(40)14-9-15-34(32)41)36(22-28-10-5-3-6-11-28)38(46)42-30-12-7-4-8-13-30/h3,5-6,9-11,14-21,23,30,36H,4,7-8,12-13,22,24-25H2,1-2H3,(H,42,46)/t36-/m1/s1. The number of nitrogens with one attached hydrogen (secondary N) is 1. The number of hydrogen-bond donors (Lipinski definition) is 1. The Kier molecular flexibility index (Phi) is 12.3. The van der Waals surface area contributed by atoms with Gasteiger partial charge in [0.15, 0.2) is 0 Å². The first-order chi connectivity index (χ1) is 23.4. The Morgan fingerprint density at radius 1 is 0.837 bits per heavy atom.